The average Bonchev–Trinajstić information content (AvgIpc) is 3.00. The number of halogens is 2. The van der Waals surface area contributed by atoms with Crippen molar-refractivity contribution in [3.8, 4) is 0 Å². The van der Waals surface area contributed by atoms with Gasteiger partial charge in [-0.25, -0.2) is 4.39 Å². The Morgan fingerprint density at radius 1 is 1.24 bits per heavy atom. The third kappa shape index (κ3) is 6.86. The van der Waals surface area contributed by atoms with Gasteiger partial charge in [-0.05, 0) is 48.9 Å². The van der Waals surface area contributed by atoms with Gasteiger partial charge in [-0.2, -0.15) is 5.10 Å². The molecule has 0 saturated carbocycles. The van der Waals surface area contributed by atoms with Gasteiger partial charge in [0.15, 0.2) is 5.96 Å². The van der Waals surface area contributed by atoms with E-state index in [9.17, 15) is 4.39 Å². The molecule has 0 aliphatic heterocycles. The summed E-state index contributed by atoms with van der Waals surface area (Å²) in [6, 6.07) is 5.20. The van der Waals surface area contributed by atoms with Gasteiger partial charge in [0.1, 0.15) is 5.82 Å². The molecule has 25 heavy (non-hydrogen) atoms. The van der Waals surface area contributed by atoms with Gasteiger partial charge >= 0.3 is 0 Å². The number of hydrogen-bond donors (Lipinski definition) is 2. The summed E-state index contributed by atoms with van der Waals surface area (Å²) in [4.78, 5) is 4.21. The fourth-order valence-corrected chi connectivity index (χ4v) is 2.86. The first-order valence-corrected chi connectivity index (χ1v) is 9.23. The summed E-state index contributed by atoms with van der Waals surface area (Å²) in [7, 11) is 3.68. The minimum atomic E-state index is -0.160. The van der Waals surface area contributed by atoms with Crippen LogP contribution in [0.25, 0.3) is 0 Å². The van der Waals surface area contributed by atoms with Crippen molar-refractivity contribution in [2.75, 3.05) is 20.1 Å². The molecule has 1 aromatic heterocycles. The Bertz CT molecular complexity index is 699. The van der Waals surface area contributed by atoms with E-state index in [2.05, 4.69) is 36.7 Å². The Morgan fingerprint density at radius 2 is 1.96 bits per heavy atom. The number of guanidine groups is 1. The number of aryl methyl sites for hydroxylation is 3. The third-order valence-corrected chi connectivity index (χ3v) is 4.34. The predicted molar refractivity (Wildman–Crippen MR) is 103 cm³/mol. The van der Waals surface area contributed by atoms with Crippen LogP contribution in [0.4, 0.5) is 4.39 Å². The largest absolute Gasteiger partial charge is 0.356 e. The quantitative estimate of drug-likeness (QED) is 0.400. The normalized spacial score (nSPS) is 11.6. The molecular weight excluding hydrogens is 385 g/mol. The van der Waals surface area contributed by atoms with Gasteiger partial charge in [-0.1, -0.05) is 22.0 Å². The van der Waals surface area contributed by atoms with Crippen LogP contribution < -0.4 is 10.6 Å². The highest BCUT2D eigenvalue weighted by molar-refractivity contribution is 9.10. The van der Waals surface area contributed by atoms with Crippen molar-refractivity contribution >= 4 is 21.9 Å². The van der Waals surface area contributed by atoms with Crippen molar-refractivity contribution in [2.45, 2.75) is 25.7 Å². The molecule has 5 nitrogen and oxygen atoms in total. The van der Waals surface area contributed by atoms with Crippen molar-refractivity contribution in [1.82, 2.24) is 20.4 Å². The maximum Gasteiger partial charge on any atom is 0.190 e. The van der Waals surface area contributed by atoms with Crippen LogP contribution in [0, 0.1) is 5.82 Å². The summed E-state index contributed by atoms with van der Waals surface area (Å²) in [5, 5.41) is 10.7. The van der Waals surface area contributed by atoms with E-state index in [1.807, 2.05) is 36.3 Å². The van der Waals surface area contributed by atoms with Crippen molar-refractivity contribution in [3.05, 3.63) is 52.0 Å². The van der Waals surface area contributed by atoms with Crippen LogP contribution >= 0.6 is 15.9 Å². The lowest BCUT2D eigenvalue weighted by Crippen LogP contribution is -2.38. The first-order valence-electron chi connectivity index (χ1n) is 8.44. The highest BCUT2D eigenvalue weighted by Gasteiger charge is 2.03. The average molecular weight is 410 g/mol. The van der Waals surface area contributed by atoms with E-state index >= 15 is 0 Å². The molecule has 2 N–H and O–H groups in total. The number of aromatic nitrogens is 2. The van der Waals surface area contributed by atoms with E-state index in [0.717, 1.165) is 48.3 Å². The van der Waals surface area contributed by atoms with Gasteiger partial charge in [0.05, 0.1) is 6.20 Å². The number of nitrogens with zero attached hydrogens (tertiary/aromatic N) is 3. The van der Waals surface area contributed by atoms with E-state index in [1.165, 1.54) is 11.6 Å². The molecule has 0 spiro atoms. The molecule has 0 atom stereocenters. The Balaban J connectivity index is 1.61. The van der Waals surface area contributed by atoms with E-state index in [1.54, 1.807) is 7.05 Å². The maximum atomic E-state index is 13.8. The number of nitrogens with one attached hydrogen (secondary N) is 2. The van der Waals surface area contributed by atoms with Crippen molar-refractivity contribution in [1.29, 1.82) is 0 Å². The second-order valence-electron chi connectivity index (χ2n) is 5.89. The van der Waals surface area contributed by atoms with Crippen molar-refractivity contribution in [2.24, 2.45) is 12.0 Å². The summed E-state index contributed by atoms with van der Waals surface area (Å²) >= 11 is 3.27. The molecule has 0 unspecified atom stereocenters. The van der Waals surface area contributed by atoms with Crippen LogP contribution in [0.2, 0.25) is 0 Å². The SMILES string of the molecule is CN=C(NCCCc1cnn(C)c1)NCCCc1ccc(Br)cc1F. The van der Waals surface area contributed by atoms with Gasteiger partial charge in [0.25, 0.3) is 0 Å². The van der Waals surface area contributed by atoms with Crippen LogP contribution in [0.5, 0.6) is 0 Å². The van der Waals surface area contributed by atoms with Crippen LogP contribution in [0.1, 0.15) is 24.0 Å². The molecule has 1 aromatic carbocycles. The molecule has 1 heterocycles. The number of benzene rings is 1. The maximum absolute atomic E-state index is 13.8. The molecule has 7 heteroatoms. The van der Waals surface area contributed by atoms with E-state index < -0.39 is 0 Å². The molecule has 136 valence electrons. The molecule has 0 amide bonds. The lowest BCUT2D eigenvalue weighted by Gasteiger charge is -2.12. The van der Waals surface area contributed by atoms with Gasteiger partial charge in [-0.15, -0.1) is 0 Å². The third-order valence-electron chi connectivity index (χ3n) is 3.85. The van der Waals surface area contributed by atoms with Gasteiger partial charge < -0.3 is 10.6 Å². The Hall–Kier alpha value is -1.89. The molecule has 2 aromatic rings. The fourth-order valence-electron chi connectivity index (χ4n) is 2.53. The van der Waals surface area contributed by atoms with Crippen molar-refractivity contribution in [3.63, 3.8) is 0 Å². The zero-order valence-electron chi connectivity index (χ0n) is 14.7. The smallest absolute Gasteiger partial charge is 0.190 e. The van der Waals surface area contributed by atoms with E-state index in [4.69, 9.17) is 0 Å². The summed E-state index contributed by atoms with van der Waals surface area (Å²) in [5.74, 6) is 0.620. The molecule has 0 bridgehead atoms. The van der Waals surface area contributed by atoms with Gasteiger partial charge in [0, 0.05) is 37.9 Å². The highest BCUT2D eigenvalue weighted by atomic mass is 79.9. The van der Waals surface area contributed by atoms with E-state index in [0.29, 0.717) is 6.42 Å². The molecule has 0 radical (unpaired) electrons. The second kappa shape index (κ2) is 10.2. The lowest BCUT2D eigenvalue weighted by atomic mass is 10.1. The molecule has 0 aliphatic rings. The Morgan fingerprint density at radius 3 is 2.56 bits per heavy atom. The van der Waals surface area contributed by atoms with E-state index in [-0.39, 0.29) is 5.82 Å². The molecular formula is C18H25BrFN5. The summed E-state index contributed by atoms with van der Waals surface area (Å²) in [6.45, 7) is 1.59. The number of hydrogen-bond acceptors (Lipinski definition) is 2. The molecule has 0 fully saturated rings. The fraction of sp³-hybridized carbons (Fsp3) is 0.444. The zero-order chi connectivity index (χ0) is 18.1. The Labute approximate surface area is 156 Å². The second-order valence-corrected chi connectivity index (χ2v) is 6.81. The summed E-state index contributed by atoms with van der Waals surface area (Å²) in [5.41, 5.74) is 1.98. The Kier molecular flexibility index (Phi) is 7.91. The van der Waals surface area contributed by atoms with Gasteiger partial charge in [-0.3, -0.25) is 9.67 Å². The first kappa shape index (κ1) is 19.4. The van der Waals surface area contributed by atoms with Crippen LogP contribution in [-0.4, -0.2) is 35.9 Å². The van der Waals surface area contributed by atoms with Crippen LogP contribution in [-0.2, 0) is 19.9 Å². The summed E-state index contributed by atoms with van der Waals surface area (Å²) in [6.07, 6.45) is 7.47. The minimum Gasteiger partial charge on any atom is -0.356 e. The number of aliphatic imine (C=N–C) groups is 1. The minimum absolute atomic E-state index is 0.160. The first-order chi connectivity index (χ1) is 12.1. The van der Waals surface area contributed by atoms with Crippen LogP contribution in [0.3, 0.4) is 0 Å². The lowest BCUT2D eigenvalue weighted by molar-refractivity contribution is 0.601. The van der Waals surface area contributed by atoms with Crippen molar-refractivity contribution < 1.29 is 4.39 Å². The van der Waals surface area contributed by atoms with Gasteiger partial charge in [0.2, 0.25) is 0 Å². The molecule has 2 rings (SSSR count). The number of rotatable bonds is 8. The predicted octanol–water partition coefficient (Wildman–Crippen LogP) is 3.05. The molecule has 0 saturated heterocycles. The monoisotopic (exact) mass is 409 g/mol. The van der Waals surface area contributed by atoms with Crippen LogP contribution in [0.15, 0.2) is 40.1 Å². The topological polar surface area (TPSA) is 54.2 Å². The standard InChI is InChI=1S/C18H25BrFN5/c1-21-18(22-9-3-5-14-12-24-25(2)13-14)23-10-4-6-15-7-8-16(19)11-17(15)20/h7-8,11-13H,3-6,9-10H2,1-2H3,(H2,21,22,23). The summed E-state index contributed by atoms with van der Waals surface area (Å²) < 4.78 is 16.3. The molecule has 0 aliphatic carbocycles. The zero-order valence-corrected chi connectivity index (χ0v) is 16.3. The highest BCUT2D eigenvalue weighted by Crippen LogP contribution is 2.16.